The third-order valence-corrected chi connectivity index (χ3v) is 4.31. The summed E-state index contributed by atoms with van der Waals surface area (Å²) in [5.41, 5.74) is 0.421. The highest BCUT2D eigenvalue weighted by molar-refractivity contribution is 7.15. The Morgan fingerprint density at radius 3 is 2.67 bits per heavy atom. The Balaban J connectivity index is 2.14. The van der Waals surface area contributed by atoms with Crippen molar-refractivity contribution >= 4 is 58.2 Å². The molecule has 1 amide bonds. The molecule has 108 valence electrons. The smallest absolute Gasteiger partial charge is 0.328 e. The molecule has 0 spiro atoms. The molecule has 0 aliphatic carbocycles. The average molecular weight is 342 g/mol. The maximum Gasteiger partial charge on any atom is 0.328 e. The quantitative estimate of drug-likeness (QED) is 0.809. The molecule has 7 heteroatoms. The second-order valence-corrected chi connectivity index (χ2v) is 5.83. The summed E-state index contributed by atoms with van der Waals surface area (Å²) in [5.74, 6) is -1.38. The maximum absolute atomic E-state index is 12.1. The number of thiophene rings is 1. The average Bonchev–Trinajstić information content (AvgIpc) is 2.90. The first-order chi connectivity index (χ1) is 9.97. The van der Waals surface area contributed by atoms with Crippen molar-refractivity contribution in [1.82, 2.24) is 0 Å². The highest BCUT2D eigenvalue weighted by Crippen LogP contribution is 2.30. The van der Waals surface area contributed by atoms with E-state index in [9.17, 15) is 9.59 Å². The number of carboxylic acid groups (broad SMARTS) is 1. The Bertz CT molecular complexity index is 725. The third-order valence-electron chi connectivity index (χ3n) is 2.44. The summed E-state index contributed by atoms with van der Waals surface area (Å²) < 4.78 is 0. The molecule has 2 rings (SSSR count). The lowest BCUT2D eigenvalue weighted by Gasteiger charge is -2.06. The molecule has 1 heterocycles. The fourth-order valence-electron chi connectivity index (χ4n) is 1.50. The van der Waals surface area contributed by atoms with Crippen molar-refractivity contribution in [1.29, 1.82) is 0 Å². The molecule has 1 aromatic heterocycles. The zero-order valence-corrected chi connectivity index (χ0v) is 12.8. The van der Waals surface area contributed by atoms with Crippen LogP contribution in [0.25, 0.3) is 6.08 Å². The molecule has 0 fully saturated rings. The number of carboxylic acids is 1. The minimum atomic E-state index is -1.04. The predicted molar refractivity (Wildman–Crippen MR) is 85.4 cm³/mol. The normalized spacial score (nSPS) is 10.8. The second-order valence-electron chi connectivity index (χ2n) is 3.93. The maximum atomic E-state index is 12.1. The van der Waals surface area contributed by atoms with E-state index in [1.807, 2.05) is 0 Å². The molecule has 4 nitrogen and oxygen atoms in total. The Labute approximate surface area is 134 Å². The van der Waals surface area contributed by atoms with E-state index in [1.165, 1.54) is 17.4 Å². The van der Waals surface area contributed by atoms with E-state index in [1.54, 1.807) is 30.3 Å². The minimum Gasteiger partial charge on any atom is -0.478 e. The number of amides is 1. The fraction of sp³-hybridized carbons (Fsp3) is 0. The van der Waals surface area contributed by atoms with Crippen LogP contribution in [0.1, 0.15) is 14.5 Å². The van der Waals surface area contributed by atoms with Crippen molar-refractivity contribution in [2.45, 2.75) is 0 Å². The minimum absolute atomic E-state index is 0.273. The molecule has 0 aliphatic heterocycles. The van der Waals surface area contributed by atoms with Crippen LogP contribution in [0.3, 0.4) is 0 Å². The van der Waals surface area contributed by atoms with Crippen molar-refractivity contribution in [2.75, 3.05) is 5.32 Å². The number of carbonyl (C=O) groups excluding carboxylic acids is 1. The first-order valence-electron chi connectivity index (χ1n) is 5.73. The summed E-state index contributed by atoms with van der Waals surface area (Å²) in [6.07, 6.45) is 2.44. The van der Waals surface area contributed by atoms with Gasteiger partial charge in [0.2, 0.25) is 0 Å². The number of halogens is 2. The Morgan fingerprint density at radius 2 is 1.95 bits per heavy atom. The summed E-state index contributed by atoms with van der Waals surface area (Å²) in [6, 6.07) is 8.22. The van der Waals surface area contributed by atoms with Gasteiger partial charge < -0.3 is 10.4 Å². The summed E-state index contributed by atoms with van der Waals surface area (Å²) in [7, 11) is 0. The van der Waals surface area contributed by atoms with Crippen LogP contribution in [0, 0.1) is 0 Å². The van der Waals surface area contributed by atoms with Crippen LogP contribution in [-0.2, 0) is 4.79 Å². The second kappa shape index (κ2) is 6.76. The number of aliphatic carboxylic acids is 1. The number of hydrogen-bond donors (Lipinski definition) is 2. The first kappa shape index (κ1) is 15.6. The number of carbonyl (C=O) groups is 2. The molecule has 2 N–H and O–H groups in total. The van der Waals surface area contributed by atoms with Crippen LogP contribution >= 0.6 is 34.5 Å². The molecule has 0 unspecified atom stereocenters. The van der Waals surface area contributed by atoms with Gasteiger partial charge in [0.05, 0.1) is 20.6 Å². The topological polar surface area (TPSA) is 66.4 Å². The summed E-state index contributed by atoms with van der Waals surface area (Å²) in [4.78, 5) is 23.6. The van der Waals surface area contributed by atoms with Gasteiger partial charge in [-0.2, -0.15) is 0 Å². The molecule has 0 saturated heterocycles. The van der Waals surface area contributed by atoms with Crippen LogP contribution in [-0.4, -0.2) is 17.0 Å². The monoisotopic (exact) mass is 341 g/mol. The number of rotatable bonds is 4. The molecule has 0 atom stereocenters. The Kier molecular flexibility index (Phi) is 5.01. The van der Waals surface area contributed by atoms with Crippen molar-refractivity contribution in [3.05, 3.63) is 56.2 Å². The van der Waals surface area contributed by atoms with Crippen LogP contribution in [0.2, 0.25) is 10.0 Å². The number of anilines is 1. The van der Waals surface area contributed by atoms with Crippen molar-refractivity contribution < 1.29 is 14.7 Å². The standard InChI is InChI=1S/C14H9Cl2NO3S/c15-9-2-1-3-10(13(9)16)17-14(20)11-6-4-8(21-11)5-7-12(18)19/h1-7H,(H,17,20)(H,18,19). The summed E-state index contributed by atoms with van der Waals surface area (Å²) in [5, 5.41) is 11.8. The van der Waals surface area contributed by atoms with Gasteiger partial charge in [0, 0.05) is 11.0 Å². The molecule has 0 radical (unpaired) electrons. The van der Waals surface area contributed by atoms with Crippen LogP contribution in [0.15, 0.2) is 36.4 Å². The summed E-state index contributed by atoms with van der Waals surface area (Å²) in [6.45, 7) is 0. The Hall–Kier alpha value is -1.82. The van der Waals surface area contributed by atoms with Crippen molar-refractivity contribution in [2.24, 2.45) is 0 Å². The fourth-order valence-corrected chi connectivity index (χ4v) is 2.66. The molecule has 21 heavy (non-hydrogen) atoms. The molecular weight excluding hydrogens is 333 g/mol. The van der Waals surface area contributed by atoms with E-state index in [0.717, 1.165) is 6.08 Å². The van der Waals surface area contributed by atoms with E-state index in [0.29, 0.717) is 20.5 Å². The number of hydrogen-bond acceptors (Lipinski definition) is 3. The van der Waals surface area contributed by atoms with E-state index < -0.39 is 5.97 Å². The largest absolute Gasteiger partial charge is 0.478 e. The van der Waals surface area contributed by atoms with Gasteiger partial charge in [0.1, 0.15) is 0 Å². The van der Waals surface area contributed by atoms with Gasteiger partial charge in [-0.3, -0.25) is 4.79 Å². The molecule has 1 aromatic carbocycles. The lowest BCUT2D eigenvalue weighted by atomic mass is 10.3. The van der Waals surface area contributed by atoms with E-state index >= 15 is 0 Å². The van der Waals surface area contributed by atoms with E-state index in [2.05, 4.69) is 5.32 Å². The highest BCUT2D eigenvalue weighted by Gasteiger charge is 2.12. The summed E-state index contributed by atoms with van der Waals surface area (Å²) >= 11 is 13.0. The van der Waals surface area contributed by atoms with E-state index in [-0.39, 0.29) is 10.9 Å². The van der Waals surface area contributed by atoms with Crippen molar-refractivity contribution in [3.8, 4) is 0 Å². The van der Waals surface area contributed by atoms with Crippen LogP contribution in [0.4, 0.5) is 5.69 Å². The van der Waals surface area contributed by atoms with Gasteiger partial charge in [0.25, 0.3) is 5.91 Å². The van der Waals surface area contributed by atoms with Gasteiger partial charge in [-0.1, -0.05) is 29.3 Å². The molecule has 0 aliphatic rings. The molecule has 0 saturated carbocycles. The first-order valence-corrected chi connectivity index (χ1v) is 7.31. The predicted octanol–water partition coefficient (Wildman–Crippen LogP) is 4.41. The third kappa shape index (κ3) is 4.07. The zero-order valence-electron chi connectivity index (χ0n) is 10.5. The van der Waals surface area contributed by atoms with Gasteiger partial charge in [0.15, 0.2) is 0 Å². The molecule has 0 bridgehead atoms. The zero-order chi connectivity index (χ0) is 15.4. The number of nitrogens with one attached hydrogen (secondary N) is 1. The highest BCUT2D eigenvalue weighted by atomic mass is 35.5. The molecule has 2 aromatic rings. The van der Waals surface area contributed by atoms with Gasteiger partial charge in [-0.25, -0.2) is 4.79 Å². The van der Waals surface area contributed by atoms with Crippen molar-refractivity contribution in [3.63, 3.8) is 0 Å². The van der Waals surface area contributed by atoms with Crippen LogP contribution < -0.4 is 5.32 Å². The lowest BCUT2D eigenvalue weighted by molar-refractivity contribution is -0.131. The SMILES string of the molecule is O=C(O)C=Cc1ccc(C(=O)Nc2cccc(Cl)c2Cl)s1. The molecular formula is C14H9Cl2NO3S. The van der Waals surface area contributed by atoms with Gasteiger partial charge >= 0.3 is 5.97 Å². The van der Waals surface area contributed by atoms with Gasteiger partial charge in [-0.15, -0.1) is 11.3 Å². The lowest BCUT2D eigenvalue weighted by Crippen LogP contribution is -2.10. The van der Waals surface area contributed by atoms with Gasteiger partial charge in [-0.05, 0) is 30.3 Å². The Morgan fingerprint density at radius 1 is 1.19 bits per heavy atom. The van der Waals surface area contributed by atoms with Crippen LogP contribution in [0.5, 0.6) is 0 Å². The number of benzene rings is 1. The van der Waals surface area contributed by atoms with E-state index in [4.69, 9.17) is 28.3 Å².